The maximum Gasteiger partial charge on any atom is 0.227 e. The molecule has 0 N–H and O–H groups in total. The Kier molecular flexibility index (Phi) is 7.78. The SMILES string of the molecule is c1ccc(-c2ccc(N(c3ccc(-c4cccc5c4oc4cc6oc(-c7ccccc7)nc6cc45)cc3)c3cccc(-c4ccc5ccccc5c4)c3)cc2)cc1. The van der Waals surface area contributed by atoms with Crippen LogP contribution in [0.3, 0.4) is 0 Å². The zero-order valence-corrected chi connectivity index (χ0v) is 30.8. The van der Waals surface area contributed by atoms with E-state index in [1.54, 1.807) is 0 Å². The quantitative estimate of drug-likeness (QED) is 0.164. The fraction of sp³-hybridized carbons (Fsp3) is 0. The van der Waals surface area contributed by atoms with Crippen LogP contribution in [0.25, 0.3) is 88.6 Å². The van der Waals surface area contributed by atoms with Crippen LogP contribution >= 0.6 is 0 Å². The summed E-state index contributed by atoms with van der Waals surface area (Å²) in [5.74, 6) is 0.602. The smallest absolute Gasteiger partial charge is 0.227 e. The summed E-state index contributed by atoms with van der Waals surface area (Å²) in [6.45, 7) is 0. The summed E-state index contributed by atoms with van der Waals surface area (Å²) in [4.78, 5) is 7.15. The lowest BCUT2D eigenvalue weighted by molar-refractivity contribution is 0.617. The molecule has 9 aromatic carbocycles. The number of rotatable bonds is 7. The van der Waals surface area contributed by atoms with Crippen LogP contribution in [0.4, 0.5) is 17.1 Å². The fourth-order valence-electron chi connectivity index (χ4n) is 8.01. The standard InChI is InChI=1S/C53H34N2O2/c1-3-11-35(12-4-1)37-23-27-43(28-24-37)55(45-18-9-17-41(32-45)42-22-21-36-13-7-8-16-40(36)31-42)44-29-25-38(26-30-44)46-19-10-20-47-48-33-49-51(34-50(48)56-52(46)47)57-53(54-49)39-14-5-2-6-15-39/h1-34H. The van der Waals surface area contributed by atoms with E-state index in [0.29, 0.717) is 11.5 Å². The molecule has 2 heterocycles. The van der Waals surface area contributed by atoms with E-state index in [9.17, 15) is 0 Å². The average Bonchev–Trinajstić information content (AvgIpc) is 3.87. The first kappa shape index (κ1) is 32.7. The second-order valence-corrected chi connectivity index (χ2v) is 14.4. The highest BCUT2D eigenvalue weighted by Gasteiger charge is 2.18. The normalized spacial score (nSPS) is 11.5. The molecular weight excluding hydrogens is 697 g/mol. The summed E-state index contributed by atoms with van der Waals surface area (Å²) in [6.07, 6.45) is 0. The highest BCUT2D eigenvalue weighted by atomic mass is 16.4. The molecule has 0 saturated carbocycles. The summed E-state index contributed by atoms with van der Waals surface area (Å²) in [6, 6.07) is 72.5. The fourth-order valence-corrected chi connectivity index (χ4v) is 8.01. The van der Waals surface area contributed by atoms with Crippen LogP contribution in [0.5, 0.6) is 0 Å². The number of para-hydroxylation sites is 1. The number of aromatic nitrogens is 1. The molecule has 11 rings (SSSR count). The van der Waals surface area contributed by atoms with Gasteiger partial charge in [0.05, 0.1) is 0 Å². The van der Waals surface area contributed by atoms with Crippen molar-refractivity contribution in [3.05, 3.63) is 206 Å². The summed E-state index contributed by atoms with van der Waals surface area (Å²) >= 11 is 0. The zero-order valence-electron chi connectivity index (χ0n) is 30.8. The van der Waals surface area contributed by atoms with Crippen LogP contribution in [0, 0.1) is 0 Å². The van der Waals surface area contributed by atoms with E-state index in [0.717, 1.165) is 66.8 Å². The third-order valence-electron chi connectivity index (χ3n) is 10.9. The Morgan fingerprint density at radius 1 is 0.351 bits per heavy atom. The highest BCUT2D eigenvalue weighted by Crippen LogP contribution is 2.41. The van der Waals surface area contributed by atoms with Crippen molar-refractivity contribution in [2.45, 2.75) is 0 Å². The largest absolute Gasteiger partial charge is 0.455 e. The Morgan fingerprint density at radius 3 is 1.74 bits per heavy atom. The maximum atomic E-state index is 6.61. The van der Waals surface area contributed by atoms with Gasteiger partial charge in [-0.3, -0.25) is 0 Å². The molecule has 0 bridgehead atoms. The van der Waals surface area contributed by atoms with Crippen LogP contribution in [-0.2, 0) is 0 Å². The van der Waals surface area contributed by atoms with E-state index in [2.05, 4.69) is 175 Å². The molecule has 0 aliphatic carbocycles. The second-order valence-electron chi connectivity index (χ2n) is 14.4. The van der Waals surface area contributed by atoms with Gasteiger partial charge in [-0.2, -0.15) is 0 Å². The Bertz CT molecular complexity index is 3220. The molecule has 0 radical (unpaired) electrons. The number of oxazole rings is 1. The van der Waals surface area contributed by atoms with Gasteiger partial charge in [0.2, 0.25) is 5.89 Å². The predicted octanol–water partition coefficient (Wildman–Crippen LogP) is 15.0. The van der Waals surface area contributed by atoms with Gasteiger partial charge in [0, 0.05) is 45.0 Å². The molecule has 0 spiro atoms. The number of anilines is 3. The van der Waals surface area contributed by atoms with Gasteiger partial charge in [-0.1, -0.05) is 140 Å². The molecule has 4 nitrogen and oxygen atoms in total. The number of benzene rings is 9. The topological polar surface area (TPSA) is 42.4 Å². The minimum Gasteiger partial charge on any atom is -0.455 e. The van der Waals surface area contributed by atoms with E-state index < -0.39 is 0 Å². The molecule has 268 valence electrons. The van der Waals surface area contributed by atoms with E-state index >= 15 is 0 Å². The molecule has 0 aliphatic rings. The Hall–Kier alpha value is -7.69. The molecule has 57 heavy (non-hydrogen) atoms. The molecule has 4 heteroatoms. The number of hydrogen-bond acceptors (Lipinski definition) is 4. The first-order chi connectivity index (χ1) is 28.2. The van der Waals surface area contributed by atoms with Gasteiger partial charge in [-0.15, -0.1) is 0 Å². The average molecular weight is 731 g/mol. The van der Waals surface area contributed by atoms with E-state index in [4.69, 9.17) is 13.8 Å². The Labute approximate surface area is 329 Å². The van der Waals surface area contributed by atoms with Gasteiger partial charge in [-0.05, 0) is 99.3 Å². The highest BCUT2D eigenvalue weighted by molar-refractivity contribution is 6.12. The lowest BCUT2D eigenvalue weighted by Crippen LogP contribution is -2.10. The molecule has 11 aromatic rings. The summed E-state index contributed by atoms with van der Waals surface area (Å²) < 4.78 is 12.8. The minimum atomic E-state index is 0.602. The molecule has 0 unspecified atom stereocenters. The third-order valence-corrected chi connectivity index (χ3v) is 10.9. The number of furan rings is 1. The van der Waals surface area contributed by atoms with Crippen molar-refractivity contribution in [2.24, 2.45) is 0 Å². The van der Waals surface area contributed by atoms with Crippen molar-refractivity contribution in [2.75, 3.05) is 4.90 Å². The second kappa shape index (κ2) is 13.6. The third kappa shape index (κ3) is 5.92. The van der Waals surface area contributed by atoms with Gasteiger partial charge in [-0.25, -0.2) is 4.98 Å². The van der Waals surface area contributed by atoms with Crippen LogP contribution in [0.1, 0.15) is 0 Å². The summed E-state index contributed by atoms with van der Waals surface area (Å²) in [5, 5.41) is 4.52. The summed E-state index contributed by atoms with van der Waals surface area (Å²) in [7, 11) is 0. The Morgan fingerprint density at radius 2 is 0.965 bits per heavy atom. The minimum absolute atomic E-state index is 0.602. The van der Waals surface area contributed by atoms with Crippen LogP contribution in [0.15, 0.2) is 215 Å². The first-order valence-corrected chi connectivity index (χ1v) is 19.2. The van der Waals surface area contributed by atoms with Crippen molar-refractivity contribution in [1.82, 2.24) is 4.98 Å². The number of nitrogens with zero attached hydrogens (tertiary/aromatic N) is 2. The Balaban J connectivity index is 0.982. The number of hydrogen-bond donors (Lipinski definition) is 0. The van der Waals surface area contributed by atoms with Gasteiger partial charge >= 0.3 is 0 Å². The van der Waals surface area contributed by atoms with Crippen LogP contribution in [0.2, 0.25) is 0 Å². The van der Waals surface area contributed by atoms with E-state index in [-0.39, 0.29) is 0 Å². The molecule has 2 aromatic heterocycles. The van der Waals surface area contributed by atoms with Crippen LogP contribution in [-0.4, -0.2) is 4.98 Å². The monoisotopic (exact) mass is 730 g/mol. The van der Waals surface area contributed by atoms with Gasteiger partial charge < -0.3 is 13.7 Å². The molecule has 0 amide bonds. The lowest BCUT2D eigenvalue weighted by atomic mass is 9.99. The maximum absolute atomic E-state index is 6.61. The van der Waals surface area contributed by atoms with Crippen molar-refractivity contribution in [1.29, 1.82) is 0 Å². The number of fused-ring (bicyclic) bond motifs is 5. The van der Waals surface area contributed by atoms with Crippen molar-refractivity contribution >= 4 is 60.9 Å². The molecule has 0 fully saturated rings. The van der Waals surface area contributed by atoms with Gasteiger partial charge in [0.25, 0.3) is 0 Å². The molecule has 0 saturated heterocycles. The molecule has 0 aliphatic heterocycles. The molecular formula is C53H34N2O2. The first-order valence-electron chi connectivity index (χ1n) is 19.2. The van der Waals surface area contributed by atoms with Crippen molar-refractivity contribution in [3.63, 3.8) is 0 Å². The van der Waals surface area contributed by atoms with E-state index in [1.807, 2.05) is 36.4 Å². The zero-order chi connectivity index (χ0) is 37.7. The van der Waals surface area contributed by atoms with E-state index in [1.165, 1.54) is 27.5 Å². The predicted molar refractivity (Wildman–Crippen MR) is 235 cm³/mol. The van der Waals surface area contributed by atoms with Crippen LogP contribution < -0.4 is 4.90 Å². The van der Waals surface area contributed by atoms with Gasteiger partial charge in [0.15, 0.2) is 5.58 Å². The lowest BCUT2D eigenvalue weighted by Gasteiger charge is -2.26. The van der Waals surface area contributed by atoms with Crippen molar-refractivity contribution in [3.8, 4) is 44.8 Å². The van der Waals surface area contributed by atoms with Crippen molar-refractivity contribution < 1.29 is 8.83 Å². The van der Waals surface area contributed by atoms with Gasteiger partial charge in [0.1, 0.15) is 16.7 Å². The molecule has 0 atom stereocenters. The summed E-state index contributed by atoms with van der Waals surface area (Å²) in [5.41, 5.74) is 14.1.